The quantitative estimate of drug-likeness (QED) is 0.789. The van der Waals surface area contributed by atoms with Gasteiger partial charge in [-0.05, 0) is 18.9 Å². The first-order valence-corrected chi connectivity index (χ1v) is 5.20. The molecule has 0 spiro atoms. The van der Waals surface area contributed by atoms with Crippen molar-refractivity contribution in [2.45, 2.75) is 25.8 Å². The third-order valence-corrected chi connectivity index (χ3v) is 2.43. The summed E-state index contributed by atoms with van der Waals surface area (Å²) < 4.78 is 0. The molecule has 3 nitrogen and oxygen atoms in total. The molecule has 3 N–H and O–H groups in total. The molecule has 0 aromatic carbocycles. The molecule has 0 amide bonds. The fourth-order valence-corrected chi connectivity index (χ4v) is 1.30. The van der Waals surface area contributed by atoms with E-state index in [1.165, 1.54) is 0 Å². The van der Waals surface area contributed by atoms with Gasteiger partial charge in [0.25, 0.3) is 0 Å². The summed E-state index contributed by atoms with van der Waals surface area (Å²) >= 11 is 5.92. The summed E-state index contributed by atoms with van der Waals surface area (Å²) in [5.41, 5.74) is 6.71. The van der Waals surface area contributed by atoms with Crippen LogP contribution < -0.4 is 11.1 Å². The number of aromatic nitrogens is 1. The molecule has 1 aromatic rings. The van der Waals surface area contributed by atoms with Gasteiger partial charge in [0.15, 0.2) is 0 Å². The van der Waals surface area contributed by atoms with Gasteiger partial charge >= 0.3 is 0 Å². The number of nitrogens with zero attached hydrogens (tertiary/aromatic N) is 1. The third kappa shape index (κ3) is 3.52. The Labute approximate surface area is 89.7 Å². The minimum Gasteiger partial charge on any atom is -0.384 e. The smallest absolute Gasteiger partial charge is 0.0820 e. The number of pyridine rings is 1. The minimum absolute atomic E-state index is 0.267. The van der Waals surface area contributed by atoms with Gasteiger partial charge in [0.1, 0.15) is 0 Å². The zero-order valence-electron chi connectivity index (χ0n) is 8.33. The van der Waals surface area contributed by atoms with Crippen molar-refractivity contribution in [2.24, 2.45) is 5.73 Å². The van der Waals surface area contributed by atoms with E-state index in [1.54, 1.807) is 12.4 Å². The summed E-state index contributed by atoms with van der Waals surface area (Å²) in [5.74, 6) is 0. The molecule has 78 valence electrons. The van der Waals surface area contributed by atoms with Gasteiger partial charge in [-0.3, -0.25) is 4.98 Å². The average Bonchev–Trinajstić information content (AvgIpc) is 2.20. The van der Waals surface area contributed by atoms with Crippen molar-refractivity contribution in [2.75, 3.05) is 11.9 Å². The van der Waals surface area contributed by atoms with Crippen LogP contribution in [0.2, 0.25) is 5.02 Å². The first-order valence-electron chi connectivity index (χ1n) is 4.83. The number of rotatable bonds is 5. The van der Waals surface area contributed by atoms with Gasteiger partial charge in [0, 0.05) is 25.0 Å². The van der Waals surface area contributed by atoms with Crippen LogP contribution in [0.25, 0.3) is 0 Å². The summed E-state index contributed by atoms with van der Waals surface area (Å²) in [7, 11) is 0. The number of hydrogen-bond acceptors (Lipinski definition) is 3. The topological polar surface area (TPSA) is 50.9 Å². The van der Waals surface area contributed by atoms with Gasteiger partial charge in [-0.1, -0.05) is 18.5 Å². The van der Waals surface area contributed by atoms with Gasteiger partial charge < -0.3 is 11.1 Å². The summed E-state index contributed by atoms with van der Waals surface area (Å²) in [4.78, 5) is 3.91. The molecule has 1 heterocycles. The molecular weight excluding hydrogens is 198 g/mol. The zero-order valence-corrected chi connectivity index (χ0v) is 9.09. The fraction of sp³-hybridized carbons (Fsp3) is 0.500. The van der Waals surface area contributed by atoms with Crippen LogP contribution in [0.4, 0.5) is 5.69 Å². The molecule has 0 aliphatic heterocycles. The van der Waals surface area contributed by atoms with E-state index in [9.17, 15) is 0 Å². The Balaban J connectivity index is 2.35. The molecule has 0 saturated carbocycles. The zero-order chi connectivity index (χ0) is 10.4. The maximum absolute atomic E-state index is 5.92. The van der Waals surface area contributed by atoms with Crippen molar-refractivity contribution < 1.29 is 0 Å². The van der Waals surface area contributed by atoms with E-state index in [-0.39, 0.29) is 6.04 Å². The lowest BCUT2D eigenvalue weighted by Gasteiger charge is -2.11. The second-order valence-electron chi connectivity index (χ2n) is 3.24. The molecule has 0 aliphatic rings. The van der Waals surface area contributed by atoms with Crippen molar-refractivity contribution in [1.29, 1.82) is 0 Å². The van der Waals surface area contributed by atoms with Crippen molar-refractivity contribution in [3.05, 3.63) is 23.5 Å². The number of nitrogens with two attached hydrogens (primary N) is 1. The Morgan fingerprint density at radius 1 is 1.64 bits per heavy atom. The summed E-state index contributed by atoms with van der Waals surface area (Å²) in [6, 6.07) is 2.13. The lowest BCUT2D eigenvalue weighted by atomic mass is 10.2. The Bertz CT molecular complexity index is 278. The van der Waals surface area contributed by atoms with Crippen LogP contribution in [0.1, 0.15) is 19.8 Å². The summed E-state index contributed by atoms with van der Waals surface area (Å²) in [6.07, 6.45) is 5.30. The van der Waals surface area contributed by atoms with Crippen molar-refractivity contribution in [3.8, 4) is 0 Å². The van der Waals surface area contributed by atoms with Crippen LogP contribution >= 0.6 is 11.6 Å². The van der Waals surface area contributed by atoms with Crippen molar-refractivity contribution >= 4 is 17.3 Å². The SMILES string of the molecule is CCC(N)CCNc1ccncc1Cl. The molecule has 14 heavy (non-hydrogen) atoms. The molecule has 0 fully saturated rings. The van der Waals surface area contributed by atoms with E-state index >= 15 is 0 Å². The summed E-state index contributed by atoms with van der Waals surface area (Å²) in [6.45, 7) is 2.93. The molecule has 0 bridgehead atoms. The highest BCUT2D eigenvalue weighted by atomic mass is 35.5. The molecule has 1 aromatic heterocycles. The van der Waals surface area contributed by atoms with Crippen LogP contribution in [-0.4, -0.2) is 17.6 Å². The molecule has 1 unspecified atom stereocenters. The largest absolute Gasteiger partial charge is 0.384 e. The molecule has 0 radical (unpaired) electrons. The average molecular weight is 214 g/mol. The highest BCUT2D eigenvalue weighted by molar-refractivity contribution is 6.33. The number of halogens is 1. The Kier molecular flexibility index (Phi) is 4.70. The molecule has 4 heteroatoms. The third-order valence-electron chi connectivity index (χ3n) is 2.13. The van der Waals surface area contributed by atoms with Gasteiger partial charge in [-0.25, -0.2) is 0 Å². The molecule has 0 saturated heterocycles. The van der Waals surface area contributed by atoms with Gasteiger partial charge in [0.2, 0.25) is 0 Å². The molecule has 0 aliphatic carbocycles. The normalized spacial score (nSPS) is 12.5. The van der Waals surface area contributed by atoms with Gasteiger partial charge in [-0.15, -0.1) is 0 Å². The second-order valence-corrected chi connectivity index (χ2v) is 3.65. The monoisotopic (exact) mass is 213 g/mol. The van der Waals surface area contributed by atoms with Crippen LogP contribution in [0.3, 0.4) is 0 Å². The Morgan fingerprint density at radius 2 is 2.43 bits per heavy atom. The van der Waals surface area contributed by atoms with Gasteiger partial charge in [0.05, 0.1) is 10.7 Å². The van der Waals surface area contributed by atoms with E-state index in [2.05, 4.69) is 17.2 Å². The van der Waals surface area contributed by atoms with E-state index in [0.717, 1.165) is 25.1 Å². The molecule has 1 atom stereocenters. The van der Waals surface area contributed by atoms with Crippen molar-refractivity contribution in [1.82, 2.24) is 4.98 Å². The van der Waals surface area contributed by atoms with Crippen LogP contribution in [0, 0.1) is 0 Å². The first-order chi connectivity index (χ1) is 6.74. The standard InChI is InChI=1S/C10H16ClN3/c1-2-8(12)3-6-14-10-4-5-13-7-9(10)11/h4-5,7-8H,2-3,6,12H2,1H3,(H,13,14). The van der Waals surface area contributed by atoms with E-state index in [0.29, 0.717) is 5.02 Å². The second kappa shape index (κ2) is 5.83. The molecular formula is C10H16ClN3. The number of hydrogen-bond donors (Lipinski definition) is 2. The molecule has 1 rings (SSSR count). The fourth-order valence-electron chi connectivity index (χ4n) is 1.11. The summed E-state index contributed by atoms with van der Waals surface area (Å²) in [5, 5.41) is 3.88. The maximum atomic E-state index is 5.92. The van der Waals surface area contributed by atoms with E-state index < -0.39 is 0 Å². The predicted molar refractivity (Wildman–Crippen MR) is 60.6 cm³/mol. The lowest BCUT2D eigenvalue weighted by molar-refractivity contribution is 0.613. The van der Waals surface area contributed by atoms with E-state index in [1.807, 2.05) is 6.07 Å². The van der Waals surface area contributed by atoms with Crippen LogP contribution in [-0.2, 0) is 0 Å². The Hall–Kier alpha value is -0.800. The van der Waals surface area contributed by atoms with Crippen LogP contribution in [0.15, 0.2) is 18.5 Å². The number of nitrogens with one attached hydrogen (secondary N) is 1. The first kappa shape index (κ1) is 11.3. The predicted octanol–water partition coefficient (Wildman–Crippen LogP) is 2.27. The van der Waals surface area contributed by atoms with Crippen LogP contribution in [0.5, 0.6) is 0 Å². The van der Waals surface area contributed by atoms with Crippen molar-refractivity contribution in [3.63, 3.8) is 0 Å². The highest BCUT2D eigenvalue weighted by Gasteiger charge is 2.00. The Morgan fingerprint density at radius 3 is 3.07 bits per heavy atom. The number of anilines is 1. The lowest BCUT2D eigenvalue weighted by Crippen LogP contribution is -2.22. The highest BCUT2D eigenvalue weighted by Crippen LogP contribution is 2.18. The van der Waals surface area contributed by atoms with E-state index in [4.69, 9.17) is 17.3 Å². The minimum atomic E-state index is 0.267. The maximum Gasteiger partial charge on any atom is 0.0820 e. The van der Waals surface area contributed by atoms with Gasteiger partial charge in [-0.2, -0.15) is 0 Å².